The molecule has 7 nitrogen and oxygen atoms in total. The Morgan fingerprint density at radius 1 is 1.00 bits per heavy atom. The summed E-state index contributed by atoms with van der Waals surface area (Å²) in [4.78, 5) is 43.3. The molecular formula is C31H27F3N2O5S. The highest BCUT2D eigenvalue weighted by Crippen LogP contribution is 2.52. The molecule has 0 saturated heterocycles. The summed E-state index contributed by atoms with van der Waals surface area (Å²) in [6.07, 6.45) is 0.0242. The lowest BCUT2D eigenvalue weighted by atomic mass is 9.68. The van der Waals surface area contributed by atoms with Gasteiger partial charge in [-0.1, -0.05) is 18.2 Å². The highest BCUT2D eigenvalue weighted by atomic mass is 32.1. The van der Waals surface area contributed by atoms with Gasteiger partial charge in [-0.25, -0.2) is 18.0 Å². The van der Waals surface area contributed by atoms with E-state index in [1.807, 2.05) is 0 Å². The number of ether oxygens (including phenoxy) is 2. The normalized spacial score (nSPS) is 20.5. The minimum absolute atomic E-state index is 0.00607. The van der Waals surface area contributed by atoms with Gasteiger partial charge in [-0.15, -0.1) is 11.3 Å². The van der Waals surface area contributed by atoms with Crippen molar-refractivity contribution < 1.29 is 37.0 Å². The molecule has 3 atom stereocenters. The predicted octanol–water partition coefficient (Wildman–Crippen LogP) is 5.69. The molecule has 0 radical (unpaired) electrons. The van der Waals surface area contributed by atoms with Gasteiger partial charge in [-0.3, -0.25) is 14.5 Å². The minimum Gasteiger partial charge on any atom is -0.465 e. The fourth-order valence-electron chi connectivity index (χ4n) is 5.64. The number of allylic oxidation sites excluding steroid dienone is 2. The summed E-state index contributed by atoms with van der Waals surface area (Å²) >= 11 is 1.34. The van der Waals surface area contributed by atoms with E-state index < -0.39 is 52.9 Å². The summed E-state index contributed by atoms with van der Waals surface area (Å²) in [5.41, 5.74) is 6.80. The van der Waals surface area contributed by atoms with Crippen LogP contribution in [0.25, 0.3) is 0 Å². The molecule has 1 aliphatic carbocycles. The zero-order valence-electron chi connectivity index (χ0n) is 22.7. The fraction of sp³-hybridized carbons (Fsp3) is 0.258. The Balaban J connectivity index is 1.83. The van der Waals surface area contributed by atoms with Crippen LogP contribution in [0.5, 0.6) is 0 Å². The van der Waals surface area contributed by atoms with Gasteiger partial charge in [-0.2, -0.15) is 0 Å². The largest absolute Gasteiger partial charge is 0.465 e. The molecule has 0 spiro atoms. The molecule has 1 aliphatic heterocycles. The van der Waals surface area contributed by atoms with E-state index in [0.29, 0.717) is 16.5 Å². The van der Waals surface area contributed by atoms with Gasteiger partial charge in [0.1, 0.15) is 29.2 Å². The summed E-state index contributed by atoms with van der Waals surface area (Å²) in [7, 11) is 0. The highest BCUT2D eigenvalue weighted by molar-refractivity contribution is 7.10. The van der Waals surface area contributed by atoms with E-state index in [0.717, 1.165) is 12.1 Å². The third-order valence-electron chi connectivity index (χ3n) is 7.34. The molecule has 3 aromatic rings. The van der Waals surface area contributed by atoms with Gasteiger partial charge in [0, 0.05) is 28.1 Å². The third kappa shape index (κ3) is 5.09. The first-order chi connectivity index (χ1) is 20.2. The monoisotopic (exact) mass is 596 g/mol. The SMILES string of the molecule is CCOC(=O)C1=C(N)N(c2ccc(F)cc2F)C2=C(C(=O)[C@H](C(=O)OCC)[C@@H](c3cccs3)C2)[C@H]1c1ccc(F)cc1. The summed E-state index contributed by atoms with van der Waals surface area (Å²) in [5, 5.41) is 1.80. The number of hydrogen-bond acceptors (Lipinski definition) is 8. The maximum absolute atomic E-state index is 15.4. The van der Waals surface area contributed by atoms with Crippen LogP contribution in [0, 0.1) is 23.4 Å². The lowest BCUT2D eigenvalue weighted by Crippen LogP contribution is -2.46. The average Bonchev–Trinajstić information content (AvgIpc) is 3.49. The number of hydrogen-bond donors (Lipinski definition) is 1. The molecule has 2 N–H and O–H groups in total. The second kappa shape index (κ2) is 11.8. The van der Waals surface area contributed by atoms with E-state index in [4.69, 9.17) is 15.2 Å². The number of anilines is 1. The molecule has 5 rings (SSSR count). The molecule has 11 heteroatoms. The number of nitrogens with two attached hydrogens (primary N) is 1. The van der Waals surface area contributed by atoms with Crippen LogP contribution in [-0.2, 0) is 23.9 Å². The minimum atomic E-state index is -1.28. The molecule has 0 unspecified atom stereocenters. The molecule has 42 heavy (non-hydrogen) atoms. The Hall–Kier alpha value is -4.38. The van der Waals surface area contributed by atoms with E-state index >= 15 is 4.39 Å². The van der Waals surface area contributed by atoms with Gasteiger partial charge in [0.15, 0.2) is 5.78 Å². The standard InChI is InChI=1S/C31H27F3N2O5S/c1-3-40-30(38)25-19(23-6-5-13-42-23)15-22-26(28(25)37)24(16-7-9-17(32)10-8-16)27(31(39)41-4-2)29(35)36(22)21-12-11-18(33)14-20(21)34/h5-14,19,24-25H,3-4,15,35H2,1-2H3/t19-,24-,25-/m1/s1. The Labute approximate surface area is 244 Å². The zero-order valence-corrected chi connectivity index (χ0v) is 23.6. The van der Waals surface area contributed by atoms with Crippen LogP contribution in [0.15, 0.2) is 82.6 Å². The second-order valence-electron chi connectivity index (χ2n) is 9.72. The number of ketones is 1. The Morgan fingerprint density at radius 2 is 1.69 bits per heavy atom. The van der Waals surface area contributed by atoms with Crippen molar-refractivity contribution >= 4 is 34.7 Å². The van der Waals surface area contributed by atoms with Crippen LogP contribution in [-0.4, -0.2) is 30.9 Å². The van der Waals surface area contributed by atoms with Crippen molar-refractivity contribution in [2.24, 2.45) is 11.7 Å². The molecule has 0 bridgehead atoms. The Morgan fingerprint density at radius 3 is 2.31 bits per heavy atom. The fourth-order valence-corrected chi connectivity index (χ4v) is 6.50. The highest BCUT2D eigenvalue weighted by Gasteiger charge is 2.51. The summed E-state index contributed by atoms with van der Waals surface area (Å²) in [6.45, 7) is 3.20. The van der Waals surface area contributed by atoms with Crippen molar-refractivity contribution in [1.82, 2.24) is 0 Å². The van der Waals surface area contributed by atoms with Crippen molar-refractivity contribution in [3.63, 3.8) is 0 Å². The number of Topliss-reactive ketones (excluding diaryl/α,β-unsaturated/α-hetero) is 1. The van der Waals surface area contributed by atoms with E-state index in [1.54, 1.807) is 31.4 Å². The quantitative estimate of drug-likeness (QED) is 0.276. The van der Waals surface area contributed by atoms with Crippen molar-refractivity contribution in [2.45, 2.75) is 32.1 Å². The van der Waals surface area contributed by atoms with Gasteiger partial charge in [0.2, 0.25) is 0 Å². The number of rotatable bonds is 7. The summed E-state index contributed by atoms with van der Waals surface area (Å²) < 4.78 is 54.0. The van der Waals surface area contributed by atoms with Crippen molar-refractivity contribution in [2.75, 3.05) is 18.1 Å². The average molecular weight is 597 g/mol. The number of esters is 2. The van der Waals surface area contributed by atoms with E-state index in [2.05, 4.69) is 0 Å². The number of halogens is 3. The number of carbonyl (C=O) groups excluding carboxylic acids is 3. The van der Waals surface area contributed by atoms with Gasteiger partial charge >= 0.3 is 11.9 Å². The topological polar surface area (TPSA) is 98.9 Å². The van der Waals surface area contributed by atoms with Crippen LogP contribution in [0.3, 0.4) is 0 Å². The molecule has 0 saturated carbocycles. The smallest absolute Gasteiger partial charge is 0.338 e. The predicted molar refractivity (Wildman–Crippen MR) is 150 cm³/mol. The maximum Gasteiger partial charge on any atom is 0.338 e. The van der Waals surface area contributed by atoms with Crippen LogP contribution in [0.4, 0.5) is 18.9 Å². The van der Waals surface area contributed by atoms with Crippen LogP contribution < -0.4 is 10.6 Å². The van der Waals surface area contributed by atoms with Gasteiger partial charge in [-0.05, 0) is 61.5 Å². The van der Waals surface area contributed by atoms with Crippen LogP contribution in [0.2, 0.25) is 0 Å². The Bertz CT molecular complexity index is 1600. The molecule has 2 heterocycles. The maximum atomic E-state index is 15.4. The molecule has 1 aromatic heterocycles. The first kappa shape index (κ1) is 29.1. The van der Waals surface area contributed by atoms with Crippen molar-refractivity contribution in [3.8, 4) is 0 Å². The second-order valence-corrected chi connectivity index (χ2v) is 10.7. The van der Waals surface area contributed by atoms with Gasteiger partial charge < -0.3 is 15.2 Å². The summed E-state index contributed by atoms with van der Waals surface area (Å²) in [5.74, 6) is -8.05. The lowest BCUT2D eigenvalue weighted by Gasteiger charge is -2.43. The van der Waals surface area contributed by atoms with Gasteiger partial charge in [0.05, 0.1) is 30.4 Å². The lowest BCUT2D eigenvalue weighted by molar-refractivity contribution is -0.152. The van der Waals surface area contributed by atoms with E-state index in [9.17, 15) is 23.2 Å². The van der Waals surface area contributed by atoms with Crippen LogP contribution in [0.1, 0.15) is 42.5 Å². The van der Waals surface area contributed by atoms with E-state index in [-0.39, 0.29) is 48.0 Å². The van der Waals surface area contributed by atoms with Crippen molar-refractivity contribution in [1.29, 1.82) is 0 Å². The molecule has 0 fully saturated rings. The Kier molecular flexibility index (Phi) is 8.22. The zero-order chi connectivity index (χ0) is 30.1. The third-order valence-corrected chi connectivity index (χ3v) is 8.34. The molecule has 218 valence electrons. The number of benzene rings is 2. The molecule has 2 aromatic carbocycles. The number of carbonyl (C=O) groups is 3. The van der Waals surface area contributed by atoms with Crippen LogP contribution >= 0.6 is 11.3 Å². The number of nitrogens with zero attached hydrogens (tertiary/aromatic N) is 1. The first-order valence-electron chi connectivity index (χ1n) is 13.3. The molecule has 0 amide bonds. The number of thiophene rings is 1. The first-order valence-corrected chi connectivity index (χ1v) is 14.2. The van der Waals surface area contributed by atoms with E-state index in [1.165, 1.54) is 40.5 Å². The van der Waals surface area contributed by atoms with Gasteiger partial charge in [0.25, 0.3) is 0 Å². The molecule has 2 aliphatic rings. The molecular weight excluding hydrogens is 569 g/mol. The van der Waals surface area contributed by atoms with Crippen molar-refractivity contribution in [3.05, 3.63) is 111 Å². The summed E-state index contributed by atoms with van der Waals surface area (Å²) in [6, 6.07) is 11.6.